The number of benzene rings is 1. The Hall–Kier alpha value is -1.74. The largest absolute Gasteiger partial charge is 0.333 e. The summed E-state index contributed by atoms with van der Waals surface area (Å²) < 4.78 is 2.18. The first-order chi connectivity index (χ1) is 8.33. The zero-order chi connectivity index (χ0) is 11.7. The van der Waals surface area contributed by atoms with E-state index in [4.69, 9.17) is 11.6 Å². The van der Waals surface area contributed by atoms with E-state index in [0.717, 1.165) is 23.9 Å². The molecule has 0 bridgehead atoms. The third kappa shape index (κ3) is 2.06. The molecule has 4 heteroatoms. The molecule has 3 rings (SSSR count). The fourth-order valence-electron chi connectivity index (χ4n) is 1.99. The van der Waals surface area contributed by atoms with Crippen LogP contribution in [0.1, 0.15) is 11.1 Å². The minimum absolute atomic E-state index is 0.760. The molecular formula is C13H12ClN3. The molecule has 0 radical (unpaired) electrons. The fourth-order valence-corrected chi connectivity index (χ4v) is 2.12. The van der Waals surface area contributed by atoms with Crippen LogP contribution in [-0.2, 0) is 13.1 Å². The molecule has 1 aliphatic rings. The van der Waals surface area contributed by atoms with Crippen LogP contribution in [0.3, 0.4) is 0 Å². The van der Waals surface area contributed by atoms with Gasteiger partial charge >= 0.3 is 0 Å². The number of halogens is 1. The number of nitrogens with zero attached hydrogens (tertiary/aromatic N) is 2. The summed E-state index contributed by atoms with van der Waals surface area (Å²) in [5, 5.41) is 3.96. The Balaban J connectivity index is 1.86. The van der Waals surface area contributed by atoms with Crippen molar-refractivity contribution in [3.05, 3.63) is 52.7 Å². The molecule has 0 fully saturated rings. The van der Waals surface area contributed by atoms with Crippen LogP contribution in [0.15, 0.2) is 41.5 Å². The molecule has 2 aromatic rings. The number of fused-ring (bicyclic) bond motifs is 1. The summed E-state index contributed by atoms with van der Waals surface area (Å²) in [5.41, 5.74) is 2.47. The van der Waals surface area contributed by atoms with Gasteiger partial charge in [0.1, 0.15) is 5.82 Å². The highest BCUT2D eigenvalue weighted by Gasteiger charge is 2.10. The van der Waals surface area contributed by atoms with E-state index in [1.54, 1.807) is 6.34 Å². The topological polar surface area (TPSA) is 29.3 Å². The van der Waals surface area contributed by atoms with Gasteiger partial charge in [0.05, 0.1) is 12.9 Å². The Morgan fingerprint density at radius 2 is 2.06 bits per heavy atom. The fraction of sp³-hybridized carbons (Fsp3) is 0.154. The maximum Gasteiger partial charge on any atom is 0.116 e. The number of anilines is 1. The Labute approximate surface area is 105 Å². The summed E-state index contributed by atoms with van der Waals surface area (Å²) in [6, 6.07) is 10.0. The number of nitrogens with one attached hydrogen (secondary N) is 1. The van der Waals surface area contributed by atoms with E-state index in [0.29, 0.717) is 0 Å². The predicted octanol–water partition coefficient (Wildman–Crippen LogP) is 3.14. The highest BCUT2D eigenvalue weighted by atomic mass is 35.5. The van der Waals surface area contributed by atoms with Gasteiger partial charge < -0.3 is 9.88 Å². The van der Waals surface area contributed by atoms with Gasteiger partial charge in [0, 0.05) is 23.3 Å². The van der Waals surface area contributed by atoms with E-state index >= 15 is 0 Å². The molecule has 0 atom stereocenters. The summed E-state index contributed by atoms with van der Waals surface area (Å²) in [4.78, 5) is 4.18. The minimum atomic E-state index is 0.760. The molecule has 3 nitrogen and oxygen atoms in total. The summed E-state index contributed by atoms with van der Waals surface area (Å²) >= 11 is 5.87. The summed E-state index contributed by atoms with van der Waals surface area (Å²) in [6.45, 7) is 1.60. The number of aliphatic imine (C=N–C) groups is 1. The van der Waals surface area contributed by atoms with Crippen molar-refractivity contribution in [2.24, 2.45) is 4.99 Å². The maximum absolute atomic E-state index is 5.87. The molecule has 0 unspecified atom stereocenters. The van der Waals surface area contributed by atoms with Crippen molar-refractivity contribution in [3.63, 3.8) is 0 Å². The third-order valence-electron chi connectivity index (χ3n) is 2.87. The quantitative estimate of drug-likeness (QED) is 0.865. The van der Waals surface area contributed by atoms with Crippen LogP contribution in [-0.4, -0.2) is 10.9 Å². The molecule has 86 valence electrons. The first kappa shape index (κ1) is 10.4. The van der Waals surface area contributed by atoms with Crippen LogP contribution in [0.5, 0.6) is 0 Å². The number of aromatic nitrogens is 1. The standard InChI is InChI=1S/C13H12ClN3/c14-12-3-1-10(2-4-12)8-17-6-5-11-7-15-9-16-13(11)17/h1-6,9H,7-8H2,(H,15,16). The molecule has 1 aromatic heterocycles. The second-order valence-corrected chi connectivity index (χ2v) is 4.49. The first-order valence-electron chi connectivity index (χ1n) is 5.50. The van der Waals surface area contributed by atoms with Crippen LogP contribution in [0.4, 0.5) is 5.82 Å². The van der Waals surface area contributed by atoms with Crippen molar-refractivity contribution in [1.29, 1.82) is 0 Å². The Morgan fingerprint density at radius 1 is 1.24 bits per heavy atom. The lowest BCUT2D eigenvalue weighted by molar-refractivity contribution is 0.810. The molecule has 2 heterocycles. The van der Waals surface area contributed by atoms with E-state index in [9.17, 15) is 0 Å². The first-order valence-corrected chi connectivity index (χ1v) is 5.88. The van der Waals surface area contributed by atoms with Gasteiger partial charge in [0.2, 0.25) is 0 Å². The molecule has 1 aliphatic heterocycles. The SMILES string of the molecule is Clc1ccc(Cn2ccc3c2NC=NC3)cc1. The van der Waals surface area contributed by atoms with Gasteiger partial charge in [-0.3, -0.25) is 4.99 Å². The van der Waals surface area contributed by atoms with Crippen LogP contribution < -0.4 is 5.32 Å². The molecule has 0 saturated carbocycles. The van der Waals surface area contributed by atoms with Crippen LogP contribution in [0.25, 0.3) is 0 Å². The molecular weight excluding hydrogens is 234 g/mol. The number of hydrogen-bond donors (Lipinski definition) is 1. The molecule has 1 aromatic carbocycles. The van der Waals surface area contributed by atoms with E-state index in [-0.39, 0.29) is 0 Å². The van der Waals surface area contributed by atoms with Crippen molar-refractivity contribution in [3.8, 4) is 0 Å². The average Bonchev–Trinajstić information content (AvgIpc) is 2.76. The van der Waals surface area contributed by atoms with Crippen LogP contribution in [0.2, 0.25) is 5.02 Å². The molecule has 0 spiro atoms. The zero-order valence-electron chi connectivity index (χ0n) is 9.23. The van der Waals surface area contributed by atoms with Crippen LogP contribution >= 0.6 is 11.6 Å². The van der Waals surface area contributed by atoms with Crippen molar-refractivity contribution >= 4 is 23.8 Å². The van der Waals surface area contributed by atoms with E-state index in [2.05, 4.69) is 27.1 Å². The lowest BCUT2D eigenvalue weighted by atomic mass is 10.2. The monoisotopic (exact) mass is 245 g/mol. The normalized spacial score (nSPS) is 13.2. The van der Waals surface area contributed by atoms with Gasteiger partial charge in [-0.15, -0.1) is 0 Å². The molecule has 0 amide bonds. The van der Waals surface area contributed by atoms with Gasteiger partial charge in [-0.2, -0.15) is 0 Å². The third-order valence-corrected chi connectivity index (χ3v) is 3.12. The van der Waals surface area contributed by atoms with Gasteiger partial charge in [-0.1, -0.05) is 23.7 Å². The van der Waals surface area contributed by atoms with Gasteiger partial charge in [-0.05, 0) is 23.8 Å². The van der Waals surface area contributed by atoms with Crippen molar-refractivity contribution in [2.75, 3.05) is 5.32 Å². The smallest absolute Gasteiger partial charge is 0.116 e. The van der Waals surface area contributed by atoms with Gasteiger partial charge in [0.15, 0.2) is 0 Å². The maximum atomic E-state index is 5.87. The zero-order valence-corrected chi connectivity index (χ0v) is 9.98. The van der Waals surface area contributed by atoms with Gasteiger partial charge in [-0.25, -0.2) is 0 Å². The van der Waals surface area contributed by atoms with Crippen molar-refractivity contribution < 1.29 is 0 Å². The number of rotatable bonds is 2. The highest BCUT2D eigenvalue weighted by Crippen LogP contribution is 2.22. The second-order valence-electron chi connectivity index (χ2n) is 4.06. The lowest BCUT2D eigenvalue weighted by Gasteiger charge is -2.13. The van der Waals surface area contributed by atoms with E-state index in [1.165, 1.54) is 11.1 Å². The predicted molar refractivity (Wildman–Crippen MR) is 70.8 cm³/mol. The van der Waals surface area contributed by atoms with E-state index in [1.807, 2.05) is 24.3 Å². The summed E-state index contributed by atoms with van der Waals surface area (Å²) in [5.74, 6) is 1.13. The van der Waals surface area contributed by atoms with Crippen molar-refractivity contribution in [2.45, 2.75) is 13.1 Å². The number of hydrogen-bond acceptors (Lipinski definition) is 2. The highest BCUT2D eigenvalue weighted by molar-refractivity contribution is 6.30. The molecule has 17 heavy (non-hydrogen) atoms. The van der Waals surface area contributed by atoms with Gasteiger partial charge in [0.25, 0.3) is 0 Å². The molecule has 0 aliphatic carbocycles. The Kier molecular flexibility index (Phi) is 2.61. The Morgan fingerprint density at radius 3 is 2.88 bits per heavy atom. The minimum Gasteiger partial charge on any atom is -0.333 e. The van der Waals surface area contributed by atoms with Crippen molar-refractivity contribution in [1.82, 2.24) is 4.57 Å². The molecule has 1 N–H and O–H groups in total. The lowest BCUT2D eigenvalue weighted by Crippen LogP contribution is -2.10. The van der Waals surface area contributed by atoms with Crippen LogP contribution in [0, 0.1) is 0 Å². The summed E-state index contributed by atoms with van der Waals surface area (Å²) in [7, 11) is 0. The molecule has 0 saturated heterocycles. The second kappa shape index (κ2) is 4.26. The van der Waals surface area contributed by atoms with E-state index < -0.39 is 0 Å². The summed E-state index contributed by atoms with van der Waals surface area (Å²) in [6.07, 6.45) is 3.83. The average molecular weight is 246 g/mol. The Bertz CT molecular complexity index is 555.